The van der Waals surface area contributed by atoms with Crippen LogP contribution in [0.2, 0.25) is 0 Å². The van der Waals surface area contributed by atoms with Gasteiger partial charge in [0.05, 0.1) is 5.76 Å². The Hall–Kier alpha value is -1.35. The van der Waals surface area contributed by atoms with E-state index in [1.807, 2.05) is 13.8 Å². The minimum Gasteiger partial charge on any atom is -0.467 e. The minimum atomic E-state index is -0.605. The van der Waals surface area contributed by atoms with E-state index in [0.717, 1.165) is 12.5 Å². The summed E-state index contributed by atoms with van der Waals surface area (Å²) in [5, 5.41) is 0. The van der Waals surface area contributed by atoms with Gasteiger partial charge >= 0.3 is 0 Å². The van der Waals surface area contributed by atoms with Crippen molar-refractivity contribution in [1.29, 1.82) is 0 Å². The van der Waals surface area contributed by atoms with Gasteiger partial charge in [0.2, 0.25) is 0 Å². The molecule has 0 fully saturated rings. The van der Waals surface area contributed by atoms with Crippen LogP contribution in [0.25, 0.3) is 0 Å². The fourth-order valence-corrected chi connectivity index (χ4v) is 1.57. The molecule has 0 amide bonds. The molecule has 112 valence electrons. The summed E-state index contributed by atoms with van der Waals surface area (Å²) in [5.74, 6) is 0.241. The van der Waals surface area contributed by atoms with Crippen LogP contribution >= 0.6 is 11.6 Å². The van der Waals surface area contributed by atoms with Gasteiger partial charge in [-0.15, -0.1) is 11.6 Å². The van der Waals surface area contributed by atoms with Gasteiger partial charge in [-0.1, -0.05) is 33.1 Å². The lowest BCUT2D eigenvalue weighted by molar-refractivity contribution is 0.285. The van der Waals surface area contributed by atoms with Crippen molar-refractivity contribution in [3.63, 3.8) is 0 Å². The van der Waals surface area contributed by atoms with E-state index < -0.39 is 11.6 Å². The lowest BCUT2D eigenvalue weighted by Gasteiger charge is -2.11. The Morgan fingerprint density at radius 3 is 2.40 bits per heavy atom. The predicted octanol–water partition coefficient (Wildman–Crippen LogP) is 5.60. The minimum absolute atomic E-state index is 0.187. The first kappa shape index (κ1) is 18.7. The molecule has 0 heterocycles. The molecule has 1 rings (SSSR count). The molecule has 0 radical (unpaired) electrons. The SMILES string of the molecule is C=C(CCCCl)OC(=C)Cc1ccc(F)cc1F.CC. The molecule has 0 atom stereocenters. The van der Waals surface area contributed by atoms with E-state index in [4.69, 9.17) is 16.3 Å². The number of rotatable bonds is 7. The quantitative estimate of drug-likeness (QED) is 0.471. The molecule has 1 aromatic rings. The average Bonchev–Trinajstić information content (AvgIpc) is 2.42. The molecule has 0 saturated carbocycles. The van der Waals surface area contributed by atoms with Gasteiger partial charge < -0.3 is 4.74 Å². The molecule has 1 nitrogen and oxygen atoms in total. The van der Waals surface area contributed by atoms with Crippen LogP contribution in [0.4, 0.5) is 8.78 Å². The number of halogens is 3. The number of hydrogen-bond donors (Lipinski definition) is 0. The van der Waals surface area contributed by atoms with Crippen LogP contribution in [-0.2, 0) is 11.2 Å². The molecule has 20 heavy (non-hydrogen) atoms. The molecule has 0 bridgehead atoms. The molecule has 0 spiro atoms. The first-order valence-corrected chi connectivity index (χ1v) is 7.09. The summed E-state index contributed by atoms with van der Waals surface area (Å²) in [6.07, 6.45) is 1.58. The number of hydrogen-bond acceptors (Lipinski definition) is 1. The van der Waals surface area contributed by atoms with Gasteiger partial charge in [0.15, 0.2) is 0 Å². The zero-order valence-electron chi connectivity index (χ0n) is 12.0. The number of alkyl halides is 1. The average molecular weight is 303 g/mol. The Morgan fingerprint density at radius 2 is 1.85 bits per heavy atom. The van der Waals surface area contributed by atoms with Crippen molar-refractivity contribution in [3.05, 3.63) is 60.1 Å². The highest BCUT2D eigenvalue weighted by atomic mass is 35.5. The van der Waals surface area contributed by atoms with E-state index >= 15 is 0 Å². The van der Waals surface area contributed by atoms with Crippen LogP contribution in [0.1, 0.15) is 32.3 Å². The van der Waals surface area contributed by atoms with Crippen molar-refractivity contribution in [2.75, 3.05) is 5.88 Å². The largest absolute Gasteiger partial charge is 0.467 e. The second-order valence-corrected chi connectivity index (χ2v) is 4.26. The van der Waals surface area contributed by atoms with Crippen molar-refractivity contribution in [2.45, 2.75) is 33.1 Å². The van der Waals surface area contributed by atoms with Gasteiger partial charge in [0.1, 0.15) is 17.4 Å². The molecule has 0 aliphatic rings. The zero-order chi connectivity index (χ0) is 15.5. The lowest BCUT2D eigenvalue weighted by atomic mass is 10.1. The molecule has 0 aromatic heterocycles. The van der Waals surface area contributed by atoms with Gasteiger partial charge in [0, 0.05) is 24.8 Å². The van der Waals surface area contributed by atoms with Gasteiger partial charge in [-0.3, -0.25) is 0 Å². The summed E-state index contributed by atoms with van der Waals surface area (Å²) >= 11 is 5.54. The highest BCUT2D eigenvalue weighted by Crippen LogP contribution is 2.17. The third-order valence-corrected chi connectivity index (χ3v) is 2.55. The van der Waals surface area contributed by atoms with Crippen LogP contribution in [0.5, 0.6) is 0 Å². The summed E-state index contributed by atoms with van der Waals surface area (Å²) in [6, 6.07) is 3.42. The van der Waals surface area contributed by atoms with Crippen LogP contribution in [0, 0.1) is 11.6 Å². The second kappa shape index (κ2) is 10.4. The summed E-state index contributed by atoms with van der Waals surface area (Å²) in [4.78, 5) is 0. The van der Waals surface area contributed by atoms with Crippen molar-refractivity contribution in [2.24, 2.45) is 0 Å². The second-order valence-electron chi connectivity index (χ2n) is 3.88. The van der Waals surface area contributed by atoms with Crippen LogP contribution in [0.15, 0.2) is 42.9 Å². The van der Waals surface area contributed by atoms with Gasteiger partial charge in [-0.05, 0) is 18.1 Å². The normalized spacial score (nSPS) is 9.45. The smallest absolute Gasteiger partial charge is 0.129 e. The van der Waals surface area contributed by atoms with E-state index in [1.165, 1.54) is 12.1 Å². The zero-order valence-corrected chi connectivity index (χ0v) is 12.8. The standard InChI is InChI=1S/C14H15ClF2O.C2H6/c1-10(4-3-7-15)18-11(2)8-12-5-6-13(16)9-14(12)17;1-2/h5-6,9H,1-4,7-8H2;1-2H3. The molecule has 1 aromatic carbocycles. The Bertz CT molecular complexity index is 444. The number of ether oxygens (including phenoxy) is 1. The molecular formula is C16H21ClF2O. The summed E-state index contributed by atoms with van der Waals surface area (Å²) in [5.41, 5.74) is 0.339. The molecule has 0 saturated heterocycles. The van der Waals surface area contributed by atoms with E-state index in [1.54, 1.807) is 0 Å². The highest BCUT2D eigenvalue weighted by molar-refractivity contribution is 6.17. The molecule has 0 aliphatic heterocycles. The van der Waals surface area contributed by atoms with E-state index in [9.17, 15) is 8.78 Å². The number of benzene rings is 1. The summed E-state index contributed by atoms with van der Waals surface area (Å²) in [6.45, 7) is 11.4. The maximum Gasteiger partial charge on any atom is 0.129 e. The molecule has 0 unspecified atom stereocenters. The maximum atomic E-state index is 13.4. The monoisotopic (exact) mass is 302 g/mol. The van der Waals surface area contributed by atoms with E-state index in [-0.39, 0.29) is 6.42 Å². The first-order chi connectivity index (χ1) is 9.52. The van der Waals surface area contributed by atoms with Crippen molar-refractivity contribution in [3.8, 4) is 0 Å². The Kier molecular flexibility index (Phi) is 9.73. The van der Waals surface area contributed by atoms with Gasteiger partial charge in [-0.25, -0.2) is 8.78 Å². The highest BCUT2D eigenvalue weighted by Gasteiger charge is 2.07. The van der Waals surface area contributed by atoms with Crippen LogP contribution in [-0.4, -0.2) is 5.88 Å². The molecule has 4 heteroatoms. The predicted molar refractivity (Wildman–Crippen MR) is 80.7 cm³/mol. The maximum absolute atomic E-state index is 13.4. The van der Waals surface area contributed by atoms with Crippen molar-refractivity contribution in [1.82, 2.24) is 0 Å². The fourth-order valence-electron chi connectivity index (χ4n) is 1.43. The molecule has 0 N–H and O–H groups in total. The first-order valence-electron chi connectivity index (χ1n) is 6.56. The Morgan fingerprint density at radius 1 is 1.20 bits per heavy atom. The Labute approximate surface area is 124 Å². The number of allylic oxidation sites excluding steroid dienone is 2. The van der Waals surface area contributed by atoms with Crippen LogP contribution in [0.3, 0.4) is 0 Å². The topological polar surface area (TPSA) is 9.23 Å². The van der Waals surface area contributed by atoms with Crippen LogP contribution < -0.4 is 0 Å². The van der Waals surface area contributed by atoms with Gasteiger partial charge in [0.25, 0.3) is 0 Å². The lowest BCUT2D eigenvalue weighted by Crippen LogP contribution is -1.98. The third kappa shape index (κ3) is 7.29. The third-order valence-electron chi connectivity index (χ3n) is 2.28. The Balaban J connectivity index is 0.00000172. The molecule has 0 aliphatic carbocycles. The van der Waals surface area contributed by atoms with E-state index in [0.29, 0.717) is 29.4 Å². The van der Waals surface area contributed by atoms with Gasteiger partial charge in [-0.2, -0.15) is 0 Å². The fraction of sp³-hybridized carbons (Fsp3) is 0.375. The van der Waals surface area contributed by atoms with Crippen molar-refractivity contribution >= 4 is 11.6 Å². The van der Waals surface area contributed by atoms with E-state index in [2.05, 4.69) is 13.2 Å². The molecular weight excluding hydrogens is 282 g/mol. The summed E-state index contributed by atoms with van der Waals surface area (Å²) < 4.78 is 31.4. The summed E-state index contributed by atoms with van der Waals surface area (Å²) in [7, 11) is 0. The van der Waals surface area contributed by atoms with Crippen molar-refractivity contribution < 1.29 is 13.5 Å².